The molecular formula is C14H19NO. The van der Waals surface area contributed by atoms with Crippen molar-refractivity contribution in [2.24, 2.45) is 5.73 Å². The first-order chi connectivity index (χ1) is 7.70. The molecule has 2 nitrogen and oxygen atoms in total. The van der Waals surface area contributed by atoms with Crippen LogP contribution in [-0.2, 0) is 6.42 Å². The van der Waals surface area contributed by atoms with Gasteiger partial charge >= 0.3 is 0 Å². The van der Waals surface area contributed by atoms with E-state index in [0.717, 1.165) is 18.1 Å². The van der Waals surface area contributed by atoms with Gasteiger partial charge in [0.2, 0.25) is 0 Å². The predicted molar refractivity (Wildman–Crippen MR) is 64.8 cm³/mol. The van der Waals surface area contributed by atoms with Crippen LogP contribution in [0, 0.1) is 0 Å². The lowest BCUT2D eigenvalue weighted by molar-refractivity contribution is 0.409. The van der Waals surface area contributed by atoms with Crippen molar-refractivity contribution in [1.82, 2.24) is 0 Å². The smallest absolute Gasteiger partial charge is 0.122 e. The summed E-state index contributed by atoms with van der Waals surface area (Å²) in [5, 5.41) is 0. The minimum atomic E-state index is 0.0894. The fourth-order valence-electron chi connectivity index (χ4n) is 2.34. The van der Waals surface area contributed by atoms with E-state index in [1.165, 1.54) is 36.8 Å². The molecule has 0 unspecified atom stereocenters. The second-order valence-corrected chi connectivity index (χ2v) is 5.39. The van der Waals surface area contributed by atoms with Gasteiger partial charge in [0, 0.05) is 5.54 Å². The van der Waals surface area contributed by atoms with Crippen LogP contribution in [0.5, 0.6) is 5.75 Å². The second-order valence-electron chi connectivity index (χ2n) is 5.39. The van der Waals surface area contributed by atoms with Crippen LogP contribution in [0.25, 0.3) is 0 Å². The Morgan fingerprint density at radius 2 is 2.12 bits per heavy atom. The maximum absolute atomic E-state index is 6.14. The lowest BCUT2D eigenvalue weighted by Crippen LogP contribution is -2.24. The highest BCUT2D eigenvalue weighted by molar-refractivity contribution is 5.42. The molecule has 2 fully saturated rings. The van der Waals surface area contributed by atoms with Gasteiger partial charge < -0.3 is 10.5 Å². The Balaban J connectivity index is 1.84. The number of hydrogen-bond donors (Lipinski definition) is 1. The van der Waals surface area contributed by atoms with Crippen molar-refractivity contribution in [2.75, 3.05) is 7.11 Å². The molecule has 0 atom stereocenters. The SMILES string of the molecule is COc1cc(CC2(N)CC2)ccc1C1CC1. The van der Waals surface area contributed by atoms with Crippen molar-refractivity contribution in [1.29, 1.82) is 0 Å². The van der Waals surface area contributed by atoms with Gasteiger partial charge in [0.25, 0.3) is 0 Å². The normalized spacial score (nSPS) is 21.9. The number of hydrogen-bond acceptors (Lipinski definition) is 2. The summed E-state index contributed by atoms with van der Waals surface area (Å²) in [6, 6.07) is 6.64. The van der Waals surface area contributed by atoms with Crippen molar-refractivity contribution >= 4 is 0 Å². The molecule has 0 amide bonds. The van der Waals surface area contributed by atoms with Crippen LogP contribution in [0.15, 0.2) is 18.2 Å². The van der Waals surface area contributed by atoms with E-state index >= 15 is 0 Å². The maximum atomic E-state index is 6.14. The zero-order chi connectivity index (χ0) is 11.2. The molecule has 2 heteroatoms. The summed E-state index contributed by atoms with van der Waals surface area (Å²) in [5.41, 5.74) is 8.93. The van der Waals surface area contributed by atoms with Crippen LogP contribution in [0.2, 0.25) is 0 Å². The van der Waals surface area contributed by atoms with E-state index in [1.54, 1.807) is 7.11 Å². The zero-order valence-corrected chi connectivity index (χ0v) is 9.83. The molecule has 0 aliphatic heterocycles. The third kappa shape index (κ3) is 1.94. The summed E-state index contributed by atoms with van der Waals surface area (Å²) in [7, 11) is 1.76. The number of nitrogens with two attached hydrogens (primary N) is 1. The molecule has 0 spiro atoms. The Labute approximate surface area is 96.8 Å². The van der Waals surface area contributed by atoms with Crippen molar-refractivity contribution in [3.8, 4) is 5.75 Å². The molecule has 2 aliphatic rings. The first kappa shape index (κ1) is 10.2. The molecule has 3 rings (SSSR count). The third-order valence-electron chi connectivity index (χ3n) is 3.76. The summed E-state index contributed by atoms with van der Waals surface area (Å²) in [4.78, 5) is 0. The Kier molecular flexibility index (Phi) is 2.21. The molecule has 2 N–H and O–H groups in total. The van der Waals surface area contributed by atoms with E-state index in [1.807, 2.05) is 0 Å². The van der Waals surface area contributed by atoms with Gasteiger partial charge in [-0.15, -0.1) is 0 Å². The van der Waals surface area contributed by atoms with Gasteiger partial charge in [0.1, 0.15) is 5.75 Å². The lowest BCUT2D eigenvalue weighted by Gasteiger charge is -2.12. The quantitative estimate of drug-likeness (QED) is 0.841. The molecule has 0 aromatic heterocycles. The summed E-state index contributed by atoms with van der Waals surface area (Å²) >= 11 is 0. The van der Waals surface area contributed by atoms with Gasteiger partial charge in [-0.05, 0) is 55.2 Å². The van der Waals surface area contributed by atoms with E-state index in [2.05, 4.69) is 18.2 Å². The second kappa shape index (κ2) is 3.49. The molecule has 0 saturated heterocycles. The summed E-state index contributed by atoms with van der Waals surface area (Å²) < 4.78 is 5.48. The van der Waals surface area contributed by atoms with Gasteiger partial charge in [-0.1, -0.05) is 12.1 Å². The highest BCUT2D eigenvalue weighted by Gasteiger charge is 2.38. The Morgan fingerprint density at radius 1 is 1.38 bits per heavy atom. The molecule has 86 valence electrons. The average Bonchev–Trinajstić information content (AvgIpc) is 3.15. The van der Waals surface area contributed by atoms with Crippen LogP contribution in [0.3, 0.4) is 0 Å². The monoisotopic (exact) mass is 217 g/mol. The Hall–Kier alpha value is -1.02. The number of ether oxygens (including phenoxy) is 1. The fourth-order valence-corrected chi connectivity index (χ4v) is 2.34. The van der Waals surface area contributed by atoms with Crippen molar-refractivity contribution < 1.29 is 4.74 Å². The highest BCUT2D eigenvalue weighted by Crippen LogP contribution is 2.45. The summed E-state index contributed by atoms with van der Waals surface area (Å²) in [6.45, 7) is 0. The summed E-state index contributed by atoms with van der Waals surface area (Å²) in [6.07, 6.45) is 5.96. The molecule has 1 aromatic rings. The van der Waals surface area contributed by atoms with Gasteiger partial charge in [-0.25, -0.2) is 0 Å². The predicted octanol–water partition coefficient (Wildman–Crippen LogP) is 2.61. The van der Waals surface area contributed by atoms with Gasteiger partial charge in [-0.3, -0.25) is 0 Å². The summed E-state index contributed by atoms with van der Waals surface area (Å²) in [5.74, 6) is 1.81. The van der Waals surface area contributed by atoms with Gasteiger partial charge in [-0.2, -0.15) is 0 Å². The standard InChI is InChI=1S/C14H19NO/c1-16-13-8-10(9-14(15)6-7-14)2-5-12(13)11-3-4-11/h2,5,8,11H,3-4,6-7,9,15H2,1H3. The average molecular weight is 217 g/mol. The van der Waals surface area contributed by atoms with E-state index < -0.39 is 0 Å². The molecule has 1 aromatic carbocycles. The van der Waals surface area contributed by atoms with Crippen LogP contribution in [-0.4, -0.2) is 12.6 Å². The molecule has 2 aliphatic carbocycles. The molecule has 0 heterocycles. The first-order valence-electron chi connectivity index (χ1n) is 6.16. The number of rotatable bonds is 4. The first-order valence-corrected chi connectivity index (χ1v) is 6.16. The van der Waals surface area contributed by atoms with Crippen LogP contribution < -0.4 is 10.5 Å². The van der Waals surface area contributed by atoms with E-state index in [0.29, 0.717) is 0 Å². The number of benzene rings is 1. The van der Waals surface area contributed by atoms with E-state index in [9.17, 15) is 0 Å². The van der Waals surface area contributed by atoms with Crippen molar-refractivity contribution in [2.45, 2.75) is 43.6 Å². The molecule has 16 heavy (non-hydrogen) atoms. The zero-order valence-electron chi connectivity index (χ0n) is 9.83. The highest BCUT2D eigenvalue weighted by atomic mass is 16.5. The van der Waals surface area contributed by atoms with Crippen LogP contribution in [0.4, 0.5) is 0 Å². The Bertz CT molecular complexity index is 405. The maximum Gasteiger partial charge on any atom is 0.122 e. The van der Waals surface area contributed by atoms with E-state index in [4.69, 9.17) is 10.5 Å². The Morgan fingerprint density at radius 3 is 2.69 bits per heavy atom. The molecular weight excluding hydrogens is 198 g/mol. The lowest BCUT2D eigenvalue weighted by atomic mass is 10.0. The number of methoxy groups -OCH3 is 1. The van der Waals surface area contributed by atoms with Gasteiger partial charge in [0.05, 0.1) is 7.11 Å². The third-order valence-corrected chi connectivity index (χ3v) is 3.76. The molecule has 0 bridgehead atoms. The van der Waals surface area contributed by atoms with Crippen LogP contribution >= 0.6 is 0 Å². The largest absolute Gasteiger partial charge is 0.496 e. The minimum absolute atomic E-state index is 0.0894. The van der Waals surface area contributed by atoms with E-state index in [-0.39, 0.29) is 5.54 Å². The minimum Gasteiger partial charge on any atom is -0.496 e. The van der Waals surface area contributed by atoms with Gasteiger partial charge in [0.15, 0.2) is 0 Å². The fraction of sp³-hybridized carbons (Fsp3) is 0.571. The molecule has 0 radical (unpaired) electrons. The van der Waals surface area contributed by atoms with Crippen molar-refractivity contribution in [3.63, 3.8) is 0 Å². The van der Waals surface area contributed by atoms with Crippen LogP contribution in [0.1, 0.15) is 42.7 Å². The van der Waals surface area contributed by atoms with Crippen molar-refractivity contribution in [3.05, 3.63) is 29.3 Å². The topological polar surface area (TPSA) is 35.2 Å². The molecule has 2 saturated carbocycles.